The topological polar surface area (TPSA) is 182 Å². The van der Waals surface area contributed by atoms with Crippen molar-refractivity contribution in [3.63, 3.8) is 0 Å². The summed E-state index contributed by atoms with van der Waals surface area (Å²) in [6, 6.07) is 6.72. The SMILES string of the molecule is O=C(O)N[C@H](C(=O)NCC(=O)N1c2ccccc2C[C@H]1C(=O)NCc1nn[nH]n1)c1ccsc1. The normalized spacial score (nSPS) is 15.3. The molecule has 4 amide bonds. The Balaban J connectivity index is 1.46. The van der Waals surface area contributed by atoms with Crippen LogP contribution in [0.25, 0.3) is 0 Å². The molecule has 13 nitrogen and oxygen atoms in total. The lowest BCUT2D eigenvalue weighted by Gasteiger charge is -2.25. The highest BCUT2D eigenvalue weighted by Crippen LogP contribution is 2.32. The third-order valence-electron chi connectivity index (χ3n) is 5.18. The van der Waals surface area contributed by atoms with Crippen LogP contribution in [-0.2, 0) is 27.3 Å². The maximum absolute atomic E-state index is 13.1. The highest BCUT2D eigenvalue weighted by molar-refractivity contribution is 7.08. The number of fused-ring (bicyclic) bond motifs is 1. The Bertz CT molecular complexity index is 1180. The third-order valence-corrected chi connectivity index (χ3v) is 5.88. The number of para-hydroxylation sites is 1. The number of nitrogens with zero attached hydrogens (tertiary/aromatic N) is 4. The zero-order valence-electron chi connectivity index (χ0n) is 17.6. The van der Waals surface area contributed by atoms with Crippen molar-refractivity contribution in [1.29, 1.82) is 0 Å². The highest BCUT2D eigenvalue weighted by Gasteiger charge is 2.38. The van der Waals surface area contributed by atoms with Crippen LogP contribution in [0.15, 0.2) is 41.1 Å². The molecule has 0 radical (unpaired) electrons. The molecule has 4 rings (SSSR count). The average molecular weight is 484 g/mol. The summed E-state index contributed by atoms with van der Waals surface area (Å²) in [7, 11) is 0. The summed E-state index contributed by atoms with van der Waals surface area (Å²) in [5.74, 6) is -1.32. The Morgan fingerprint density at radius 3 is 2.74 bits per heavy atom. The van der Waals surface area contributed by atoms with Crippen LogP contribution in [0.1, 0.15) is 23.0 Å². The van der Waals surface area contributed by atoms with Gasteiger partial charge in [0.2, 0.25) is 17.7 Å². The number of thiophene rings is 1. The molecule has 1 aliphatic rings. The summed E-state index contributed by atoms with van der Waals surface area (Å²) in [4.78, 5) is 51.2. The Morgan fingerprint density at radius 2 is 2.03 bits per heavy atom. The minimum Gasteiger partial charge on any atom is -0.465 e. The van der Waals surface area contributed by atoms with Gasteiger partial charge in [-0.15, -0.1) is 10.2 Å². The van der Waals surface area contributed by atoms with Gasteiger partial charge in [-0.2, -0.15) is 16.6 Å². The van der Waals surface area contributed by atoms with E-state index in [2.05, 4.69) is 36.6 Å². The van der Waals surface area contributed by atoms with E-state index >= 15 is 0 Å². The quantitative estimate of drug-likeness (QED) is 0.295. The van der Waals surface area contributed by atoms with E-state index in [1.165, 1.54) is 16.2 Å². The first-order valence-electron chi connectivity index (χ1n) is 10.1. The van der Waals surface area contributed by atoms with Gasteiger partial charge >= 0.3 is 6.09 Å². The zero-order valence-corrected chi connectivity index (χ0v) is 18.4. The predicted molar refractivity (Wildman–Crippen MR) is 119 cm³/mol. The van der Waals surface area contributed by atoms with E-state index in [4.69, 9.17) is 5.11 Å². The van der Waals surface area contributed by atoms with Crippen LogP contribution in [0.2, 0.25) is 0 Å². The molecule has 1 aliphatic heterocycles. The number of carbonyl (C=O) groups excluding carboxylic acids is 3. The Labute approximate surface area is 196 Å². The fraction of sp³-hybridized carbons (Fsp3) is 0.250. The van der Waals surface area contributed by atoms with Gasteiger partial charge in [0, 0.05) is 12.1 Å². The van der Waals surface area contributed by atoms with Crippen LogP contribution in [0.5, 0.6) is 0 Å². The standard InChI is InChI=1S/C20H20N8O5S/c29-16(9-22-19(31)17(23-20(32)33)12-5-6-34-10-12)28-13-4-2-1-3-11(13)7-14(28)18(30)21-8-15-24-26-27-25-15/h1-6,10,14,17,23H,7-9H2,(H,21,30)(H,22,31)(H,32,33)(H,24,25,26,27)/t14-,17-/m0/s1. The Morgan fingerprint density at radius 1 is 1.21 bits per heavy atom. The molecule has 176 valence electrons. The van der Waals surface area contributed by atoms with Gasteiger partial charge in [0.15, 0.2) is 5.82 Å². The molecular weight excluding hydrogens is 464 g/mol. The molecule has 0 fully saturated rings. The number of anilines is 1. The largest absolute Gasteiger partial charge is 0.465 e. The summed E-state index contributed by atoms with van der Waals surface area (Å²) < 4.78 is 0. The monoisotopic (exact) mass is 484 g/mol. The molecule has 0 unspecified atom stereocenters. The Hall–Kier alpha value is -4.33. The molecule has 0 bridgehead atoms. The minimum atomic E-state index is -1.37. The first-order chi connectivity index (χ1) is 16.4. The molecule has 3 aromatic rings. The fourth-order valence-electron chi connectivity index (χ4n) is 3.66. The van der Waals surface area contributed by atoms with Crippen LogP contribution >= 0.6 is 11.3 Å². The number of H-pyrrole nitrogens is 1. The number of aromatic amines is 1. The molecule has 14 heteroatoms. The van der Waals surface area contributed by atoms with Gasteiger partial charge in [0.25, 0.3) is 0 Å². The van der Waals surface area contributed by atoms with E-state index in [1.54, 1.807) is 29.0 Å². The average Bonchev–Trinajstić information content (AvgIpc) is 3.59. The van der Waals surface area contributed by atoms with Crippen molar-refractivity contribution in [2.24, 2.45) is 0 Å². The number of carbonyl (C=O) groups is 4. The maximum atomic E-state index is 13.1. The van der Waals surface area contributed by atoms with E-state index in [9.17, 15) is 19.2 Å². The number of carboxylic acid groups (broad SMARTS) is 1. The van der Waals surface area contributed by atoms with Crippen molar-refractivity contribution in [2.75, 3.05) is 11.4 Å². The summed E-state index contributed by atoms with van der Waals surface area (Å²) >= 11 is 1.31. The molecular formula is C20H20N8O5S. The van der Waals surface area contributed by atoms with Gasteiger partial charge < -0.3 is 21.1 Å². The molecule has 0 spiro atoms. The number of aromatic nitrogens is 4. The van der Waals surface area contributed by atoms with Crippen LogP contribution in [0.3, 0.4) is 0 Å². The molecule has 34 heavy (non-hydrogen) atoms. The van der Waals surface area contributed by atoms with Gasteiger partial charge in [-0.1, -0.05) is 23.4 Å². The first kappa shape index (κ1) is 22.8. The van der Waals surface area contributed by atoms with Crippen molar-refractivity contribution in [3.05, 3.63) is 58.0 Å². The van der Waals surface area contributed by atoms with Gasteiger partial charge in [0.1, 0.15) is 12.1 Å². The first-order valence-corrected chi connectivity index (χ1v) is 11.1. The summed E-state index contributed by atoms with van der Waals surface area (Å²) in [6.07, 6.45) is -1.07. The number of hydrogen-bond acceptors (Lipinski definition) is 8. The van der Waals surface area contributed by atoms with E-state index in [1.807, 2.05) is 12.1 Å². The smallest absolute Gasteiger partial charge is 0.405 e. The van der Waals surface area contributed by atoms with Gasteiger partial charge in [-0.25, -0.2) is 4.79 Å². The van der Waals surface area contributed by atoms with Gasteiger partial charge in [-0.3, -0.25) is 19.3 Å². The summed E-state index contributed by atoms with van der Waals surface area (Å²) in [6.45, 7) is -0.395. The van der Waals surface area contributed by atoms with Crippen LogP contribution < -0.4 is 20.9 Å². The summed E-state index contributed by atoms with van der Waals surface area (Å²) in [5.41, 5.74) is 1.84. The Kier molecular flexibility index (Phi) is 6.77. The second kappa shape index (κ2) is 10.1. The highest BCUT2D eigenvalue weighted by atomic mass is 32.1. The van der Waals surface area contributed by atoms with Crippen molar-refractivity contribution in [3.8, 4) is 0 Å². The molecule has 0 saturated carbocycles. The number of benzene rings is 1. The van der Waals surface area contributed by atoms with Crippen LogP contribution in [0, 0.1) is 0 Å². The summed E-state index contributed by atoms with van der Waals surface area (Å²) in [5, 5.41) is 33.0. The lowest BCUT2D eigenvalue weighted by atomic mass is 10.1. The van der Waals surface area contributed by atoms with Crippen molar-refractivity contribution < 1.29 is 24.3 Å². The minimum absolute atomic E-state index is 0.0319. The zero-order chi connectivity index (χ0) is 24.1. The van der Waals surface area contributed by atoms with Crippen molar-refractivity contribution in [2.45, 2.75) is 25.0 Å². The number of rotatable bonds is 8. The lowest BCUT2D eigenvalue weighted by Crippen LogP contribution is -2.51. The number of tetrazole rings is 1. The van der Waals surface area contributed by atoms with Gasteiger partial charge in [-0.05, 0) is 34.0 Å². The van der Waals surface area contributed by atoms with Crippen LogP contribution in [-0.4, -0.2) is 62.1 Å². The molecule has 0 saturated heterocycles. The fourth-order valence-corrected chi connectivity index (χ4v) is 4.34. The molecule has 0 aliphatic carbocycles. The number of amides is 4. The molecule has 2 aromatic heterocycles. The molecule has 3 heterocycles. The second-order valence-electron chi connectivity index (χ2n) is 7.32. The third kappa shape index (κ3) is 5.01. The number of hydrogen-bond donors (Lipinski definition) is 5. The van der Waals surface area contributed by atoms with E-state index in [0.29, 0.717) is 23.5 Å². The molecule has 2 atom stereocenters. The predicted octanol–water partition coefficient (Wildman–Crippen LogP) is -0.0396. The van der Waals surface area contributed by atoms with Crippen LogP contribution in [0.4, 0.5) is 10.5 Å². The number of nitrogens with one attached hydrogen (secondary N) is 4. The van der Waals surface area contributed by atoms with E-state index < -0.39 is 42.4 Å². The maximum Gasteiger partial charge on any atom is 0.405 e. The van der Waals surface area contributed by atoms with Crippen molar-refractivity contribution in [1.82, 2.24) is 36.6 Å². The lowest BCUT2D eigenvalue weighted by molar-refractivity contribution is -0.128. The van der Waals surface area contributed by atoms with E-state index in [0.717, 1.165) is 5.56 Å². The van der Waals surface area contributed by atoms with Gasteiger partial charge in [0.05, 0.1) is 13.1 Å². The second-order valence-corrected chi connectivity index (χ2v) is 8.10. The molecule has 5 N–H and O–H groups in total. The van der Waals surface area contributed by atoms with Crippen molar-refractivity contribution >= 4 is 40.8 Å². The van der Waals surface area contributed by atoms with E-state index in [-0.39, 0.29) is 6.54 Å². The molecule has 1 aromatic carbocycles.